The third-order valence-corrected chi connectivity index (χ3v) is 2.66. The van der Waals surface area contributed by atoms with Crippen LogP contribution in [0.2, 0.25) is 0 Å². The van der Waals surface area contributed by atoms with E-state index in [0.29, 0.717) is 11.3 Å². The van der Waals surface area contributed by atoms with Gasteiger partial charge < -0.3 is 15.5 Å². The summed E-state index contributed by atoms with van der Waals surface area (Å²) in [5.41, 5.74) is 0.854. The number of hydrogen-bond donors (Lipinski definition) is 3. The average molecular weight is 291 g/mol. The zero-order valence-electron chi connectivity index (χ0n) is 11.1. The molecule has 0 aliphatic rings. The predicted molar refractivity (Wildman–Crippen MR) is 71.8 cm³/mol. The van der Waals surface area contributed by atoms with Crippen LogP contribution in [-0.2, 0) is 9.59 Å². The first-order valence-electron chi connectivity index (χ1n) is 5.84. The fourth-order valence-electron chi connectivity index (χ4n) is 1.50. The smallest absolute Gasteiger partial charge is 0.326 e. The van der Waals surface area contributed by atoms with Crippen molar-refractivity contribution in [2.75, 3.05) is 11.9 Å². The quantitative estimate of drug-likeness (QED) is 0.729. The van der Waals surface area contributed by atoms with Crippen LogP contribution in [-0.4, -0.2) is 41.3 Å². The van der Waals surface area contributed by atoms with Crippen LogP contribution in [0.4, 0.5) is 10.5 Å². The molecule has 0 aromatic heterocycles. The maximum Gasteiger partial charge on any atom is 0.326 e. The van der Waals surface area contributed by atoms with E-state index in [4.69, 9.17) is 15.5 Å². The number of anilines is 1. The second kappa shape index (κ2) is 6.91. The highest BCUT2D eigenvalue weighted by Crippen LogP contribution is 2.13. The fraction of sp³-hybridized carbons (Fsp3) is 0.231. The molecule has 0 spiro atoms. The fourth-order valence-corrected chi connectivity index (χ4v) is 1.50. The van der Waals surface area contributed by atoms with Gasteiger partial charge in [0.2, 0.25) is 0 Å². The number of aliphatic carboxylic acids is 2. The van der Waals surface area contributed by atoms with Crippen LogP contribution in [0.1, 0.15) is 12.0 Å². The van der Waals surface area contributed by atoms with Crippen LogP contribution in [0.3, 0.4) is 0 Å². The topological polar surface area (TPSA) is 131 Å². The standard InChI is InChI=1S/C13H13N3O5/c1-16(9-4-2-8(7-14)3-5-9)13(21)15-10(12(19)20)6-11(17)18/h2-5,10H,6H2,1H3,(H,15,21)(H,17,18)(H,19,20)/t10-/m0/s1. The largest absolute Gasteiger partial charge is 0.481 e. The van der Waals surface area contributed by atoms with Crippen molar-refractivity contribution in [3.05, 3.63) is 29.8 Å². The summed E-state index contributed by atoms with van der Waals surface area (Å²) < 4.78 is 0. The Hall–Kier alpha value is -3.08. The van der Waals surface area contributed by atoms with Gasteiger partial charge in [-0.05, 0) is 24.3 Å². The number of nitrogens with one attached hydrogen (secondary N) is 1. The van der Waals surface area contributed by atoms with Crippen LogP contribution >= 0.6 is 0 Å². The monoisotopic (exact) mass is 291 g/mol. The van der Waals surface area contributed by atoms with Gasteiger partial charge in [0.25, 0.3) is 0 Å². The molecule has 1 aromatic carbocycles. The molecule has 1 rings (SSSR count). The minimum Gasteiger partial charge on any atom is -0.481 e. The van der Waals surface area contributed by atoms with Crippen molar-refractivity contribution in [1.82, 2.24) is 5.32 Å². The zero-order chi connectivity index (χ0) is 16.0. The molecule has 2 amide bonds. The van der Waals surface area contributed by atoms with Crippen molar-refractivity contribution in [2.45, 2.75) is 12.5 Å². The number of amides is 2. The Bertz CT molecular complexity index is 591. The summed E-state index contributed by atoms with van der Waals surface area (Å²) in [7, 11) is 1.40. The van der Waals surface area contributed by atoms with E-state index in [1.807, 2.05) is 6.07 Å². The molecule has 21 heavy (non-hydrogen) atoms. The Labute approximate surface area is 120 Å². The van der Waals surface area contributed by atoms with E-state index >= 15 is 0 Å². The second-order valence-corrected chi connectivity index (χ2v) is 4.16. The van der Waals surface area contributed by atoms with Gasteiger partial charge in [0.1, 0.15) is 6.04 Å². The van der Waals surface area contributed by atoms with E-state index in [0.717, 1.165) is 4.90 Å². The maximum atomic E-state index is 11.9. The number of carboxylic acid groups (broad SMARTS) is 2. The van der Waals surface area contributed by atoms with Gasteiger partial charge in [-0.3, -0.25) is 9.69 Å². The third-order valence-electron chi connectivity index (χ3n) is 2.66. The van der Waals surface area contributed by atoms with Crippen LogP contribution < -0.4 is 10.2 Å². The van der Waals surface area contributed by atoms with Gasteiger partial charge in [-0.15, -0.1) is 0 Å². The molecule has 0 heterocycles. The summed E-state index contributed by atoms with van der Waals surface area (Å²) in [6.45, 7) is 0. The van der Waals surface area contributed by atoms with Crippen molar-refractivity contribution in [1.29, 1.82) is 5.26 Å². The lowest BCUT2D eigenvalue weighted by molar-refractivity contribution is -0.145. The normalized spacial score (nSPS) is 11.0. The average Bonchev–Trinajstić information content (AvgIpc) is 2.45. The van der Waals surface area contributed by atoms with Gasteiger partial charge >= 0.3 is 18.0 Å². The van der Waals surface area contributed by atoms with E-state index in [9.17, 15) is 14.4 Å². The molecule has 0 bridgehead atoms. The summed E-state index contributed by atoms with van der Waals surface area (Å²) >= 11 is 0. The molecule has 8 nitrogen and oxygen atoms in total. The molecule has 110 valence electrons. The van der Waals surface area contributed by atoms with E-state index in [1.165, 1.54) is 31.3 Å². The van der Waals surface area contributed by atoms with Gasteiger partial charge in [0.15, 0.2) is 0 Å². The van der Waals surface area contributed by atoms with E-state index in [1.54, 1.807) is 0 Å². The maximum absolute atomic E-state index is 11.9. The number of carboxylic acids is 2. The molecule has 0 aliphatic carbocycles. The molecule has 8 heteroatoms. The lowest BCUT2D eigenvalue weighted by Gasteiger charge is -2.20. The SMILES string of the molecule is CN(C(=O)N[C@@H](CC(=O)O)C(=O)O)c1ccc(C#N)cc1. The first-order valence-corrected chi connectivity index (χ1v) is 5.84. The number of benzene rings is 1. The first kappa shape index (κ1) is 16.0. The number of urea groups is 1. The number of rotatable bonds is 5. The summed E-state index contributed by atoms with van der Waals surface area (Å²) in [5.74, 6) is -2.76. The van der Waals surface area contributed by atoms with Crippen LogP contribution in [0, 0.1) is 11.3 Å². The number of hydrogen-bond acceptors (Lipinski definition) is 4. The first-order chi connectivity index (χ1) is 9.85. The van der Waals surface area contributed by atoms with E-state index in [-0.39, 0.29) is 0 Å². The van der Waals surface area contributed by atoms with Crippen molar-refractivity contribution in [2.24, 2.45) is 0 Å². The lowest BCUT2D eigenvalue weighted by Crippen LogP contribution is -2.47. The Morgan fingerprint density at radius 2 is 1.86 bits per heavy atom. The Morgan fingerprint density at radius 1 is 1.29 bits per heavy atom. The minimum absolute atomic E-state index is 0.418. The number of nitriles is 1. The van der Waals surface area contributed by atoms with E-state index in [2.05, 4.69) is 5.32 Å². The van der Waals surface area contributed by atoms with Gasteiger partial charge in [-0.2, -0.15) is 5.26 Å². The molecular formula is C13H13N3O5. The van der Waals surface area contributed by atoms with Gasteiger partial charge in [-0.1, -0.05) is 0 Å². The van der Waals surface area contributed by atoms with Crippen molar-refractivity contribution in [3.8, 4) is 6.07 Å². The molecule has 0 radical (unpaired) electrons. The summed E-state index contributed by atoms with van der Waals surface area (Å²) in [6, 6.07) is 5.70. The second-order valence-electron chi connectivity index (χ2n) is 4.16. The molecule has 3 N–H and O–H groups in total. The minimum atomic E-state index is -1.52. The van der Waals surface area contributed by atoms with Gasteiger partial charge in [0.05, 0.1) is 18.1 Å². The summed E-state index contributed by atoms with van der Waals surface area (Å²) in [6.07, 6.45) is -0.720. The lowest BCUT2D eigenvalue weighted by atomic mass is 10.2. The van der Waals surface area contributed by atoms with Crippen LogP contribution in [0.5, 0.6) is 0 Å². The molecule has 0 fully saturated rings. The molecular weight excluding hydrogens is 278 g/mol. The Balaban J connectivity index is 2.78. The van der Waals surface area contributed by atoms with Crippen molar-refractivity contribution >= 4 is 23.7 Å². The highest BCUT2D eigenvalue weighted by molar-refractivity contribution is 5.94. The Morgan fingerprint density at radius 3 is 2.29 bits per heavy atom. The number of carbonyl (C=O) groups is 3. The van der Waals surface area contributed by atoms with Crippen LogP contribution in [0.15, 0.2) is 24.3 Å². The highest BCUT2D eigenvalue weighted by atomic mass is 16.4. The van der Waals surface area contributed by atoms with Crippen molar-refractivity contribution < 1.29 is 24.6 Å². The van der Waals surface area contributed by atoms with Crippen LogP contribution in [0.25, 0.3) is 0 Å². The highest BCUT2D eigenvalue weighted by Gasteiger charge is 2.24. The summed E-state index contributed by atoms with van der Waals surface area (Å²) in [4.78, 5) is 34.4. The molecule has 0 saturated carbocycles. The molecule has 0 unspecified atom stereocenters. The third kappa shape index (κ3) is 4.50. The van der Waals surface area contributed by atoms with Gasteiger partial charge in [0, 0.05) is 12.7 Å². The van der Waals surface area contributed by atoms with Crippen molar-refractivity contribution in [3.63, 3.8) is 0 Å². The molecule has 1 aromatic rings. The number of nitrogens with zero attached hydrogens (tertiary/aromatic N) is 2. The van der Waals surface area contributed by atoms with E-state index < -0.39 is 30.4 Å². The number of carbonyl (C=O) groups excluding carboxylic acids is 1. The molecule has 1 atom stereocenters. The predicted octanol–water partition coefficient (Wildman–Crippen LogP) is 0.632. The van der Waals surface area contributed by atoms with Gasteiger partial charge in [-0.25, -0.2) is 9.59 Å². The zero-order valence-corrected chi connectivity index (χ0v) is 11.1. The molecule has 0 aliphatic heterocycles. The summed E-state index contributed by atoms with van der Waals surface area (Å²) in [5, 5.41) is 28.3. The molecule has 0 saturated heterocycles. The Kier molecular flexibility index (Phi) is 5.25.